The third-order valence-corrected chi connectivity index (χ3v) is 22.3. The van der Waals surface area contributed by atoms with E-state index in [-0.39, 0.29) is 76.7 Å². The van der Waals surface area contributed by atoms with Crippen LogP contribution in [0.25, 0.3) is 0 Å². The molecule has 2 saturated carbocycles. The number of carbonyl (C=O) groups is 6. The molecule has 15 heteroatoms. The Balaban J connectivity index is 0.685. The van der Waals surface area contributed by atoms with Crippen molar-refractivity contribution >= 4 is 47.1 Å². The van der Waals surface area contributed by atoms with Crippen molar-refractivity contribution in [2.24, 2.45) is 35.0 Å². The number of piperidine rings is 1. The fourth-order valence-corrected chi connectivity index (χ4v) is 17.9. The smallest absolute Gasteiger partial charge is 0.315 e. The number of likely N-dealkylation sites (tertiary alicyclic amines) is 1. The lowest BCUT2D eigenvalue weighted by Crippen LogP contribution is -2.52. The third kappa shape index (κ3) is 13.3. The number of unbranched alkanes of at least 4 members (excludes halogenated alkanes) is 4. The monoisotopic (exact) mass is 1130 g/mol. The summed E-state index contributed by atoms with van der Waals surface area (Å²) in [7, 11) is 0. The summed E-state index contributed by atoms with van der Waals surface area (Å²) in [6.07, 6.45) is 19.6. The Labute approximate surface area is 485 Å². The Morgan fingerprint density at radius 2 is 1.54 bits per heavy atom. The highest BCUT2D eigenvalue weighted by atomic mass is 32.2. The van der Waals surface area contributed by atoms with Crippen molar-refractivity contribution in [2.75, 3.05) is 31.9 Å². The molecule has 2 aromatic carbocycles. The van der Waals surface area contributed by atoms with Crippen LogP contribution in [0, 0.1) is 35.0 Å². The molecule has 14 nitrogen and oxygen atoms in total. The van der Waals surface area contributed by atoms with Gasteiger partial charge in [-0.25, -0.2) is 4.79 Å². The van der Waals surface area contributed by atoms with Crippen LogP contribution in [0.5, 0.6) is 0 Å². The van der Waals surface area contributed by atoms with Gasteiger partial charge in [-0.15, -0.1) is 0 Å². The number of hydrogen-bond donors (Lipinski definition) is 6. The van der Waals surface area contributed by atoms with Gasteiger partial charge in [0, 0.05) is 78.5 Å². The van der Waals surface area contributed by atoms with Gasteiger partial charge in [-0.3, -0.25) is 28.9 Å². The van der Waals surface area contributed by atoms with Gasteiger partial charge in [-0.2, -0.15) is 11.8 Å². The number of nitrogens with one attached hydrogen (secondary N) is 5. The minimum absolute atomic E-state index is 0.00407. The number of Topliss-reactive ketones (excluding diaryl/α,β-unsaturated/α-hetero) is 1. The first-order valence-corrected chi connectivity index (χ1v) is 32.4. The van der Waals surface area contributed by atoms with Crippen LogP contribution in [0.1, 0.15) is 189 Å². The highest BCUT2D eigenvalue weighted by molar-refractivity contribution is 8.00. The lowest BCUT2D eigenvalue weighted by atomic mass is 9.56. The summed E-state index contributed by atoms with van der Waals surface area (Å²) in [4.78, 5) is 80.9. The molecule has 2 aromatic rings. The van der Waals surface area contributed by atoms with Gasteiger partial charge in [0.2, 0.25) is 11.8 Å². The summed E-state index contributed by atoms with van der Waals surface area (Å²) in [6, 6.07) is 15.6. The summed E-state index contributed by atoms with van der Waals surface area (Å²) in [5, 5.41) is 26.1. The summed E-state index contributed by atoms with van der Waals surface area (Å²) < 4.78 is 7.45. The number of hydrogen-bond acceptors (Lipinski definition) is 10. The number of urea groups is 1. The summed E-state index contributed by atoms with van der Waals surface area (Å²) >= 11 is 1.90. The van der Waals surface area contributed by atoms with E-state index in [2.05, 4.69) is 65.3 Å². The molecule has 81 heavy (non-hydrogen) atoms. The fraction of sp³-hybridized carbons (Fsp3) is 0.667. The van der Waals surface area contributed by atoms with E-state index in [4.69, 9.17) is 4.74 Å². The molecule has 4 heterocycles. The number of benzene rings is 2. The standard InChI is InChI=1S/C66H92N6O8S/c1-41-36-56-61(43(3)66(80-56)32-30-49-50-28-27-47-37-48(73)29-31-65(47,4)52(50)38-51(49)42(66)2)72(39-41)35-15-19-55(74)53(69-63(78)46-25-23-45(24-26-46)62(77)44-16-7-5-8-17-44)18-12-14-34-68-58(75)21-9-6-13-33-67-59(76)22-11-10-20-57-60-54(40-81-57)70-64(79)71-60/h5,7-8,16-17,23-27,41,43,48-50,52-54,56-57,60-61,73H,6,9-15,18-22,28-40H2,1-4H3,(H,67,76)(H,68,75)(H,69,78)(H2,70,71,79)/t41-,43+,48-,49-,50-,52-,53?,54-,56+,57-,60-,61-,65-,66-/m0/s1. The summed E-state index contributed by atoms with van der Waals surface area (Å²) in [5.74, 6) is 3.22. The van der Waals surface area contributed by atoms with Crippen molar-refractivity contribution in [3.63, 3.8) is 0 Å². The van der Waals surface area contributed by atoms with Crippen LogP contribution in [0.2, 0.25) is 0 Å². The number of carbonyl (C=O) groups excluding carboxylic acids is 6. The highest BCUT2D eigenvalue weighted by Crippen LogP contribution is 2.65. The van der Waals surface area contributed by atoms with E-state index in [0.29, 0.717) is 110 Å². The zero-order valence-electron chi connectivity index (χ0n) is 48.7. The number of aliphatic hydroxyl groups excluding tert-OH is 1. The lowest BCUT2D eigenvalue weighted by molar-refractivity contribution is -0.122. The highest BCUT2D eigenvalue weighted by Gasteiger charge is 2.61. The molecule has 6 fully saturated rings. The number of aliphatic hydroxyl groups is 1. The number of fused-ring (bicyclic) bond motifs is 7. The van der Waals surface area contributed by atoms with Gasteiger partial charge in [0.1, 0.15) is 0 Å². The third-order valence-electron chi connectivity index (χ3n) is 20.8. The Kier molecular flexibility index (Phi) is 19.3. The van der Waals surface area contributed by atoms with E-state index in [1.807, 2.05) is 30.0 Å². The van der Waals surface area contributed by atoms with Crippen LogP contribution in [0.3, 0.4) is 0 Å². The van der Waals surface area contributed by atoms with E-state index in [0.717, 1.165) is 102 Å². The number of allylic oxidation sites excluding steroid dienone is 2. The maximum Gasteiger partial charge on any atom is 0.315 e. The molecule has 4 aliphatic carbocycles. The molecular weight excluding hydrogens is 1040 g/mol. The average molecular weight is 1130 g/mol. The van der Waals surface area contributed by atoms with Gasteiger partial charge >= 0.3 is 6.03 Å². The quantitative estimate of drug-likeness (QED) is 0.0241. The van der Waals surface area contributed by atoms with Crippen LogP contribution in [-0.2, 0) is 19.1 Å². The number of nitrogens with zero attached hydrogens (tertiary/aromatic N) is 1. The predicted octanol–water partition coefficient (Wildman–Crippen LogP) is 9.78. The molecule has 1 spiro atoms. The minimum atomic E-state index is -0.699. The molecule has 4 saturated heterocycles. The van der Waals surface area contributed by atoms with Crippen molar-refractivity contribution < 1.29 is 38.6 Å². The molecule has 0 bridgehead atoms. The first kappa shape index (κ1) is 59.3. The predicted molar refractivity (Wildman–Crippen MR) is 318 cm³/mol. The fourth-order valence-electron chi connectivity index (χ4n) is 16.4. The molecular formula is C66H92N6O8S. The van der Waals surface area contributed by atoms with Gasteiger partial charge < -0.3 is 36.4 Å². The van der Waals surface area contributed by atoms with Crippen molar-refractivity contribution in [1.82, 2.24) is 31.5 Å². The van der Waals surface area contributed by atoms with Gasteiger partial charge in [-0.1, -0.05) is 93.3 Å². The topological polar surface area (TPSA) is 195 Å². The van der Waals surface area contributed by atoms with Crippen LogP contribution in [0.4, 0.5) is 4.79 Å². The van der Waals surface area contributed by atoms with Crippen LogP contribution in [0.15, 0.2) is 77.4 Å². The van der Waals surface area contributed by atoms with Gasteiger partial charge in [-0.05, 0) is 163 Å². The van der Waals surface area contributed by atoms with Crippen molar-refractivity contribution in [2.45, 2.75) is 210 Å². The zero-order chi connectivity index (χ0) is 56.8. The summed E-state index contributed by atoms with van der Waals surface area (Å²) in [6.45, 7) is 12.5. The van der Waals surface area contributed by atoms with E-state index in [1.165, 1.54) is 17.6 Å². The maximum atomic E-state index is 14.3. The average Bonchev–Trinajstić information content (AvgIpc) is 4.43. The van der Waals surface area contributed by atoms with E-state index >= 15 is 0 Å². The van der Waals surface area contributed by atoms with Crippen molar-refractivity contribution in [3.8, 4) is 0 Å². The Bertz CT molecular complexity index is 2660. The SMILES string of the molecule is CC1=C2C[C@H]3[C@@H](CC=C4C[C@@H](O)CC[C@@]43C)[C@@H]2CC[C@]12O[C@@H]1C[C@H](C)CN(CCCC(=O)C(CCCCNC(=O)CCCCCNC(=O)CCCC[C@@H]3SC[C@@H]4NC(=O)N[C@@H]43)NC(=O)c3ccc(C(=O)c4ccccc4)cc3)[C@H]1[C@H]2C. The van der Waals surface area contributed by atoms with Crippen LogP contribution >= 0.6 is 11.8 Å². The number of ketones is 2. The zero-order valence-corrected chi connectivity index (χ0v) is 49.6. The Morgan fingerprint density at radius 3 is 2.31 bits per heavy atom. The first-order valence-electron chi connectivity index (χ1n) is 31.4. The van der Waals surface area contributed by atoms with Gasteiger partial charge in [0.05, 0.1) is 35.9 Å². The Morgan fingerprint density at radius 1 is 0.827 bits per heavy atom. The molecule has 4 aliphatic heterocycles. The van der Waals surface area contributed by atoms with Gasteiger partial charge in [0.15, 0.2) is 11.6 Å². The summed E-state index contributed by atoms with van der Waals surface area (Å²) in [5.41, 5.74) is 6.02. The molecule has 1 unspecified atom stereocenters. The molecule has 14 atom stereocenters. The second-order valence-corrected chi connectivity index (χ2v) is 27.2. The van der Waals surface area contributed by atoms with Crippen molar-refractivity contribution in [1.29, 1.82) is 0 Å². The van der Waals surface area contributed by atoms with Gasteiger partial charge in [0.25, 0.3) is 5.91 Å². The number of rotatable bonds is 25. The molecule has 440 valence electrons. The molecule has 8 aliphatic rings. The number of ether oxygens (including phenoxy) is 1. The number of thioether (sulfide) groups is 1. The van der Waals surface area contributed by atoms with Crippen LogP contribution in [-0.4, -0.2) is 124 Å². The lowest BCUT2D eigenvalue weighted by Gasteiger charge is -2.49. The first-order chi connectivity index (χ1) is 39.1. The largest absolute Gasteiger partial charge is 0.393 e. The van der Waals surface area contributed by atoms with Crippen LogP contribution < -0.4 is 26.6 Å². The minimum Gasteiger partial charge on any atom is -0.393 e. The molecule has 5 amide bonds. The molecule has 10 rings (SSSR count). The second-order valence-electron chi connectivity index (χ2n) is 26.0. The van der Waals surface area contributed by atoms with E-state index < -0.39 is 6.04 Å². The van der Waals surface area contributed by atoms with E-state index in [1.54, 1.807) is 42.0 Å². The van der Waals surface area contributed by atoms with E-state index in [9.17, 15) is 33.9 Å². The molecule has 0 radical (unpaired) electrons. The molecule has 0 aromatic heterocycles. The Hall–Kier alpha value is -4.83. The molecule has 6 N–H and O–H groups in total. The normalized spacial score (nSPS) is 32.3. The maximum absolute atomic E-state index is 14.3. The van der Waals surface area contributed by atoms with Crippen molar-refractivity contribution in [3.05, 3.63) is 94.1 Å². The second kappa shape index (κ2) is 26.4. The number of amides is 5.